The van der Waals surface area contributed by atoms with E-state index in [0.717, 1.165) is 17.0 Å². The highest BCUT2D eigenvalue weighted by atomic mass is 16.5. The van der Waals surface area contributed by atoms with E-state index in [0.29, 0.717) is 0 Å². The van der Waals surface area contributed by atoms with Gasteiger partial charge in [-0.15, -0.1) is 0 Å². The van der Waals surface area contributed by atoms with E-state index in [1.807, 2.05) is 42.6 Å². The molecule has 0 saturated carbocycles. The zero-order chi connectivity index (χ0) is 10.8. The Morgan fingerprint density at radius 2 is 1.69 bits per heavy atom. The van der Waals surface area contributed by atoms with Crippen LogP contribution >= 0.6 is 0 Å². The van der Waals surface area contributed by atoms with Crippen LogP contribution in [0.3, 0.4) is 0 Å². The summed E-state index contributed by atoms with van der Waals surface area (Å²) in [6.45, 7) is 0. The quantitative estimate of drug-likeness (QED) is 0.679. The molecule has 0 spiro atoms. The van der Waals surface area contributed by atoms with Gasteiger partial charge in [-0.1, -0.05) is 36.4 Å². The maximum Gasteiger partial charge on any atom is 0.197 e. The topological polar surface area (TPSA) is 25.0 Å². The molecule has 1 N–H and O–H groups in total. The highest BCUT2D eigenvalue weighted by Gasteiger charge is 2.02. The normalized spacial score (nSPS) is 10.5. The monoisotopic (exact) mass is 209 g/mol. The molecular weight excluding hydrogens is 198 g/mol. The van der Waals surface area contributed by atoms with Crippen molar-refractivity contribution >= 4 is 10.8 Å². The van der Waals surface area contributed by atoms with E-state index in [-0.39, 0.29) is 0 Å². The summed E-state index contributed by atoms with van der Waals surface area (Å²) in [6, 6.07) is 18.1. The average molecular weight is 209 g/mol. The second-order valence-electron chi connectivity index (χ2n) is 3.61. The van der Waals surface area contributed by atoms with Gasteiger partial charge in [0, 0.05) is 17.6 Å². The van der Waals surface area contributed by atoms with Crippen molar-refractivity contribution in [2.75, 3.05) is 0 Å². The Labute approximate surface area is 93.5 Å². The van der Waals surface area contributed by atoms with Gasteiger partial charge in [0.2, 0.25) is 0 Å². The van der Waals surface area contributed by atoms with E-state index >= 15 is 0 Å². The van der Waals surface area contributed by atoms with Crippen molar-refractivity contribution < 1.29 is 4.74 Å². The lowest BCUT2D eigenvalue weighted by molar-refractivity contribution is 0.471. The van der Waals surface area contributed by atoms with Crippen molar-refractivity contribution in [2.45, 2.75) is 0 Å². The van der Waals surface area contributed by atoms with Crippen LogP contribution in [0.4, 0.5) is 0 Å². The first kappa shape index (κ1) is 9.04. The zero-order valence-corrected chi connectivity index (χ0v) is 8.68. The fraction of sp³-hybridized carbons (Fsp3) is 0. The summed E-state index contributed by atoms with van der Waals surface area (Å²) in [5.74, 6) is 1.64. The molecule has 1 heterocycles. The second kappa shape index (κ2) is 3.74. The smallest absolute Gasteiger partial charge is 0.197 e. The highest BCUT2D eigenvalue weighted by Crippen LogP contribution is 2.28. The number of aromatic amines is 1. The van der Waals surface area contributed by atoms with Gasteiger partial charge in [0.25, 0.3) is 0 Å². The summed E-state index contributed by atoms with van der Waals surface area (Å²) in [5.41, 5.74) is 0. The molecule has 2 aromatic carbocycles. The van der Waals surface area contributed by atoms with Crippen molar-refractivity contribution in [2.24, 2.45) is 0 Å². The number of ether oxygens (including phenoxy) is 1. The molecule has 2 nitrogen and oxygen atoms in total. The van der Waals surface area contributed by atoms with Crippen LogP contribution in [-0.4, -0.2) is 4.98 Å². The Morgan fingerprint density at radius 3 is 2.56 bits per heavy atom. The standard InChI is InChI=1S/C14H11NO/c1-2-7-12-11(5-1)6-3-8-13(12)16-14-9-4-10-15-14/h1-10,15H. The van der Waals surface area contributed by atoms with Gasteiger partial charge in [0.15, 0.2) is 5.88 Å². The van der Waals surface area contributed by atoms with Crippen LogP contribution in [0.5, 0.6) is 11.6 Å². The lowest BCUT2D eigenvalue weighted by atomic mass is 10.1. The fourth-order valence-corrected chi connectivity index (χ4v) is 1.78. The van der Waals surface area contributed by atoms with E-state index in [4.69, 9.17) is 4.74 Å². The summed E-state index contributed by atoms with van der Waals surface area (Å²) < 4.78 is 5.78. The third-order valence-corrected chi connectivity index (χ3v) is 2.54. The van der Waals surface area contributed by atoms with Gasteiger partial charge in [-0.3, -0.25) is 0 Å². The van der Waals surface area contributed by atoms with Crippen LogP contribution in [0.1, 0.15) is 0 Å². The summed E-state index contributed by atoms with van der Waals surface area (Å²) >= 11 is 0. The molecule has 16 heavy (non-hydrogen) atoms. The molecule has 0 aliphatic carbocycles. The molecular formula is C14H11NO. The van der Waals surface area contributed by atoms with Crippen molar-refractivity contribution in [3.63, 3.8) is 0 Å². The first-order valence-electron chi connectivity index (χ1n) is 5.22. The fourth-order valence-electron chi connectivity index (χ4n) is 1.78. The molecule has 0 atom stereocenters. The third kappa shape index (κ3) is 1.54. The molecule has 3 rings (SSSR count). The minimum atomic E-state index is 0.761. The number of hydrogen-bond acceptors (Lipinski definition) is 1. The van der Waals surface area contributed by atoms with Crippen molar-refractivity contribution in [3.8, 4) is 11.6 Å². The van der Waals surface area contributed by atoms with Crippen LogP contribution < -0.4 is 4.74 Å². The van der Waals surface area contributed by atoms with Gasteiger partial charge in [-0.05, 0) is 17.5 Å². The molecule has 0 radical (unpaired) electrons. The van der Waals surface area contributed by atoms with Crippen LogP contribution in [0, 0.1) is 0 Å². The number of fused-ring (bicyclic) bond motifs is 1. The largest absolute Gasteiger partial charge is 0.440 e. The Morgan fingerprint density at radius 1 is 0.812 bits per heavy atom. The predicted octanol–water partition coefficient (Wildman–Crippen LogP) is 3.96. The lowest BCUT2D eigenvalue weighted by Gasteiger charge is -2.06. The van der Waals surface area contributed by atoms with Crippen LogP contribution in [0.25, 0.3) is 10.8 Å². The van der Waals surface area contributed by atoms with E-state index in [2.05, 4.69) is 23.2 Å². The number of hydrogen-bond donors (Lipinski definition) is 1. The first-order valence-corrected chi connectivity index (χ1v) is 5.22. The van der Waals surface area contributed by atoms with Gasteiger partial charge in [-0.25, -0.2) is 0 Å². The van der Waals surface area contributed by atoms with Crippen molar-refractivity contribution in [3.05, 3.63) is 60.8 Å². The van der Waals surface area contributed by atoms with Crippen LogP contribution in [0.15, 0.2) is 60.8 Å². The molecule has 0 unspecified atom stereocenters. The summed E-state index contributed by atoms with van der Waals surface area (Å²) in [4.78, 5) is 3.03. The lowest BCUT2D eigenvalue weighted by Crippen LogP contribution is -1.85. The van der Waals surface area contributed by atoms with E-state index in [9.17, 15) is 0 Å². The predicted molar refractivity (Wildman–Crippen MR) is 64.8 cm³/mol. The number of rotatable bonds is 2. The molecule has 0 aliphatic rings. The van der Waals surface area contributed by atoms with E-state index < -0.39 is 0 Å². The molecule has 78 valence electrons. The van der Waals surface area contributed by atoms with E-state index in [1.165, 1.54) is 5.39 Å². The summed E-state index contributed by atoms with van der Waals surface area (Å²) in [7, 11) is 0. The minimum Gasteiger partial charge on any atom is -0.440 e. The van der Waals surface area contributed by atoms with Gasteiger partial charge in [0.1, 0.15) is 5.75 Å². The number of H-pyrrole nitrogens is 1. The van der Waals surface area contributed by atoms with Crippen LogP contribution in [0.2, 0.25) is 0 Å². The first-order chi connectivity index (χ1) is 7.93. The van der Waals surface area contributed by atoms with Crippen molar-refractivity contribution in [1.29, 1.82) is 0 Å². The molecule has 0 saturated heterocycles. The average Bonchev–Trinajstić information content (AvgIpc) is 2.82. The van der Waals surface area contributed by atoms with Gasteiger partial charge in [-0.2, -0.15) is 0 Å². The third-order valence-electron chi connectivity index (χ3n) is 2.54. The highest BCUT2D eigenvalue weighted by molar-refractivity contribution is 5.88. The number of aromatic nitrogens is 1. The molecule has 3 aromatic rings. The Bertz CT molecular complexity index is 594. The molecule has 0 bridgehead atoms. The summed E-state index contributed by atoms with van der Waals surface area (Å²) in [5, 5.41) is 2.31. The van der Waals surface area contributed by atoms with Crippen molar-refractivity contribution in [1.82, 2.24) is 4.98 Å². The molecule has 0 fully saturated rings. The Kier molecular flexibility index (Phi) is 2.11. The summed E-state index contributed by atoms with van der Waals surface area (Å²) in [6.07, 6.45) is 1.85. The Hall–Kier alpha value is -2.22. The zero-order valence-electron chi connectivity index (χ0n) is 8.68. The molecule has 0 aliphatic heterocycles. The molecule has 0 amide bonds. The second-order valence-corrected chi connectivity index (χ2v) is 3.61. The van der Waals surface area contributed by atoms with Gasteiger partial charge >= 0.3 is 0 Å². The maximum atomic E-state index is 5.78. The number of benzene rings is 2. The van der Waals surface area contributed by atoms with Crippen LogP contribution in [-0.2, 0) is 0 Å². The maximum absolute atomic E-state index is 5.78. The number of nitrogens with one attached hydrogen (secondary N) is 1. The molecule has 2 heteroatoms. The van der Waals surface area contributed by atoms with Gasteiger partial charge < -0.3 is 9.72 Å². The van der Waals surface area contributed by atoms with Gasteiger partial charge in [0.05, 0.1) is 0 Å². The SMILES string of the molecule is c1c[nH]c(Oc2cccc3ccccc23)c1. The molecule has 1 aromatic heterocycles. The Balaban J connectivity index is 2.10. The van der Waals surface area contributed by atoms with E-state index in [1.54, 1.807) is 0 Å². The minimum absolute atomic E-state index is 0.761.